The number of hydrogen-bond donors (Lipinski definition) is 0. The summed E-state index contributed by atoms with van der Waals surface area (Å²) in [6.45, 7) is 6.70. The number of ether oxygens (including phenoxy) is 3. The molecule has 1 aliphatic heterocycles. The van der Waals surface area contributed by atoms with E-state index in [2.05, 4.69) is 17.0 Å². The molecular formula is C24H30N4O3. The van der Waals surface area contributed by atoms with Crippen molar-refractivity contribution in [3.8, 4) is 23.6 Å². The molecule has 2 aromatic carbocycles. The van der Waals surface area contributed by atoms with Gasteiger partial charge in [-0.1, -0.05) is 6.07 Å². The summed E-state index contributed by atoms with van der Waals surface area (Å²) in [6, 6.07) is 18.5. The molecule has 0 aromatic heterocycles. The Labute approximate surface area is 185 Å². The Morgan fingerprint density at radius 1 is 0.903 bits per heavy atom. The highest BCUT2D eigenvalue weighted by atomic mass is 16.5. The van der Waals surface area contributed by atoms with Gasteiger partial charge >= 0.3 is 0 Å². The maximum Gasteiger partial charge on any atom is 0.120 e. The van der Waals surface area contributed by atoms with Crippen molar-refractivity contribution in [1.82, 2.24) is 9.80 Å². The van der Waals surface area contributed by atoms with Gasteiger partial charge in [-0.05, 0) is 56.6 Å². The van der Waals surface area contributed by atoms with Crippen molar-refractivity contribution < 1.29 is 14.2 Å². The van der Waals surface area contributed by atoms with Crippen LogP contribution in [-0.4, -0.2) is 76.5 Å². The van der Waals surface area contributed by atoms with E-state index in [0.29, 0.717) is 24.3 Å². The van der Waals surface area contributed by atoms with E-state index >= 15 is 0 Å². The van der Waals surface area contributed by atoms with Gasteiger partial charge in [0, 0.05) is 26.2 Å². The van der Waals surface area contributed by atoms with E-state index in [-0.39, 0.29) is 0 Å². The van der Waals surface area contributed by atoms with Gasteiger partial charge in [0.1, 0.15) is 24.7 Å². The quantitative estimate of drug-likeness (QED) is 0.647. The zero-order chi connectivity index (χ0) is 22.3. The zero-order valence-electron chi connectivity index (χ0n) is 18.3. The van der Waals surface area contributed by atoms with E-state index in [0.717, 1.165) is 50.9 Å². The highest BCUT2D eigenvalue weighted by molar-refractivity contribution is 5.36. The predicted molar refractivity (Wildman–Crippen MR) is 119 cm³/mol. The summed E-state index contributed by atoms with van der Waals surface area (Å²) in [5.74, 6) is 1.57. The van der Waals surface area contributed by atoms with Crippen LogP contribution < -0.4 is 9.47 Å². The third-order valence-electron chi connectivity index (χ3n) is 4.53. The molecule has 0 N–H and O–H groups in total. The van der Waals surface area contributed by atoms with Crippen LogP contribution in [0, 0.1) is 22.7 Å². The molecule has 0 radical (unpaired) electrons. The second kappa shape index (κ2) is 14.0. The molecule has 3 rings (SSSR count). The lowest BCUT2D eigenvalue weighted by Gasteiger charge is -2.26. The Balaban J connectivity index is 0.000000225. The maximum atomic E-state index is 8.67. The molecule has 0 unspecified atom stereocenters. The minimum atomic E-state index is 0.632. The van der Waals surface area contributed by atoms with Crippen molar-refractivity contribution in [3.05, 3.63) is 59.7 Å². The Kier molecular flexibility index (Phi) is 10.9. The number of nitrogens with zero attached hydrogens (tertiary/aromatic N) is 4. The minimum absolute atomic E-state index is 0.632. The fourth-order valence-electron chi connectivity index (χ4n) is 2.74. The summed E-state index contributed by atoms with van der Waals surface area (Å²) >= 11 is 0. The lowest BCUT2D eigenvalue weighted by Crippen LogP contribution is -2.38. The van der Waals surface area contributed by atoms with Gasteiger partial charge in [-0.2, -0.15) is 10.5 Å². The normalized spacial score (nSPS) is 13.5. The van der Waals surface area contributed by atoms with E-state index in [4.69, 9.17) is 24.7 Å². The van der Waals surface area contributed by atoms with Crippen LogP contribution in [0.5, 0.6) is 11.5 Å². The lowest BCUT2D eigenvalue weighted by molar-refractivity contribution is 0.0322. The third-order valence-corrected chi connectivity index (χ3v) is 4.53. The molecule has 7 nitrogen and oxygen atoms in total. The fourth-order valence-corrected chi connectivity index (χ4v) is 2.74. The number of hydrogen-bond acceptors (Lipinski definition) is 7. The molecular weight excluding hydrogens is 392 g/mol. The van der Waals surface area contributed by atoms with E-state index in [1.807, 2.05) is 43.3 Å². The van der Waals surface area contributed by atoms with Crippen LogP contribution >= 0.6 is 0 Å². The summed E-state index contributed by atoms with van der Waals surface area (Å²) in [7, 11) is 3.99. The molecule has 0 spiro atoms. The average Bonchev–Trinajstić information content (AvgIpc) is 2.80. The van der Waals surface area contributed by atoms with Crippen molar-refractivity contribution in [3.63, 3.8) is 0 Å². The first-order chi connectivity index (χ1) is 15.1. The van der Waals surface area contributed by atoms with Gasteiger partial charge in [-0.25, -0.2) is 0 Å². The van der Waals surface area contributed by atoms with Gasteiger partial charge in [0.05, 0.1) is 36.5 Å². The molecule has 31 heavy (non-hydrogen) atoms. The molecule has 0 amide bonds. The Morgan fingerprint density at radius 3 is 2.23 bits per heavy atom. The SMILES string of the molecule is CN(C)CCOc1cccc(C#N)c1.N#Cc1ccc(OCCN2CCOCC2)cc1. The van der Waals surface area contributed by atoms with Crippen molar-refractivity contribution in [2.45, 2.75) is 0 Å². The van der Waals surface area contributed by atoms with Crippen molar-refractivity contribution >= 4 is 0 Å². The molecule has 0 atom stereocenters. The molecule has 1 saturated heterocycles. The maximum absolute atomic E-state index is 8.67. The number of morpholine rings is 1. The largest absolute Gasteiger partial charge is 0.492 e. The Bertz CT molecular complexity index is 850. The predicted octanol–water partition coefficient (Wildman–Crippen LogP) is 2.77. The summed E-state index contributed by atoms with van der Waals surface area (Å²) in [5, 5.41) is 17.3. The number of likely N-dealkylation sites (N-methyl/N-ethyl adjacent to an activating group) is 1. The highest BCUT2D eigenvalue weighted by Crippen LogP contribution is 2.12. The first-order valence-electron chi connectivity index (χ1n) is 10.3. The highest BCUT2D eigenvalue weighted by Gasteiger charge is 2.09. The van der Waals surface area contributed by atoms with E-state index in [1.165, 1.54) is 0 Å². The lowest BCUT2D eigenvalue weighted by atomic mass is 10.2. The first-order valence-corrected chi connectivity index (χ1v) is 10.3. The van der Waals surface area contributed by atoms with Crippen LogP contribution in [0.1, 0.15) is 11.1 Å². The molecule has 7 heteroatoms. The van der Waals surface area contributed by atoms with Gasteiger partial charge < -0.3 is 19.1 Å². The van der Waals surface area contributed by atoms with Crippen LogP contribution in [-0.2, 0) is 4.74 Å². The Hall–Kier alpha value is -3.10. The number of rotatable bonds is 8. The summed E-state index contributed by atoms with van der Waals surface area (Å²) < 4.78 is 16.4. The van der Waals surface area contributed by atoms with Gasteiger partial charge in [-0.15, -0.1) is 0 Å². The second-order valence-corrected chi connectivity index (χ2v) is 7.23. The van der Waals surface area contributed by atoms with Crippen LogP contribution in [0.15, 0.2) is 48.5 Å². The molecule has 0 aliphatic carbocycles. The second-order valence-electron chi connectivity index (χ2n) is 7.23. The smallest absolute Gasteiger partial charge is 0.120 e. The van der Waals surface area contributed by atoms with Crippen molar-refractivity contribution in [2.75, 3.05) is 66.7 Å². The van der Waals surface area contributed by atoms with Crippen LogP contribution in [0.2, 0.25) is 0 Å². The van der Waals surface area contributed by atoms with Crippen LogP contribution in [0.3, 0.4) is 0 Å². The first kappa shape index (κ1) is 24.2. The molecule has 1 aliphatic rings. The van der Waals surface area contributed by atoms with Crippen molar-refractivity contribution in [2.24, 2.45) is 0 Å². The van der Waals surface area contributed by atoms with E-state index in [9.17, 15) is 0 Å². The Morgan fingerprint density at radius 2 is 1.58 bits per heavy atom. The number of nitriles is 2. The van der Waals surface area contributed by atoms with Crippen LogP contribution in [0.25, 0.3) is 0 Å². The number of benzene rings is 2. The molecule has 164 valence electrons. The summed E-state index contributed by atoms with van der Waals surface area (Å²) in [5.41, 5.74) is 1.29. The fraction of sp³-hybridized carbons (Fsp3) is 0.417. The zero-order valence-corrected chi connectivity index (χ0v) is 18.3. The van der Waals surface area contributed by atoms with Gasteiger partial charge in [-0.3, -0.25) is 4.90 Å². The van der Waals surface area contributed by atoms with Gasteiger partial charge in [0.2, 0.25) is 0 Å². The molecule has 1 heterocycles. The van der Waals surface area contributed by atoms with E-state index < -0.39 is 0 Å². The standard InChI is InChI=1S/C13H16N2O2.C11H14N2O/c14-11-12-1-3-13(4-2-12)17-10-7-15-5-8-16-9-6-15;1-13(2)6-7-14-11-5-3-4-10(8-11)9-12/h1-4H,5-10H2;3-5,8H,6-7H2,1-2H3. The minimum Gasteiger partial charge on any atom is -0.492 e. The van der Waals surface area contributed by atoms with Crippen molar-refractivity contribution in [1.29, 1.82) is 10.5 Å². The monoisotopic (exact) mass is 422 g/mol. The topological polar surface area (TPSA) is 81.8 Å². The molecule has 0 saturated carbocycles. The molecule has 1 fully saturated rings. The summed E-state index contributed by atoms with van der Waals surface area (Å²) in [4.78, 5) is 4.38. The summed E-state index contributed by atoms with van der Waals surface area (Å²) in [6.07, 6.45) is 0. The molecule has 0 bridgehead atoms. The van der Waals surface area contributed by atoms with E-state index in [1.54, 1.807) is 24.3 Å². The molecule has 2 aromatic rings. The average molecular weight is 423 g/mol. The van der Waals surface area contributed by atoms with Crippen LogP contribution in [0.4, 0.5) is 0 Å². The van der Waals surface area contributed by atoms with Gasteiger partial charge in [0.25, 0.3) is 0 Å². The third kappa shape index (κ3) is 9.97. The van der Waals surface area contributed by atoms with Gasteiger partial charge in [0.15, 0.2) is 0 Å².